The van der Waals surface area contributed by atoms with E-state index in [-0.39, 0.29) is 5.41 Å². The molecule has 0 saturated heterocycles. The summed E-state index contributed by atoms with van der Waals surface area (Å²) in [6, 6.07) is 10.4. The summed E-state index contributed by atoms with van der Waals surface area (Å²) in [4.78, 5) is 10.7. The van der Waals surface area contributed by atoms with Gasteiger partial charge in [0.25, 0.3) is 0 Å². The molecule has 2 heteroatoms. The zero-order valence-electron chi connectivity index (χ0n) is 11.0. The lowest BCUT2D eigenvalue weighted by molar-refractivity contribution is -0.108. The molecular formula is C15H22O2. The van der Waals surface area contributed by atoms with Crippen LogP contribution in [0.3, 0.4) is 0 Å². The quantitative estimate of drug-likeness (QED) is 0.677. The first kappa shape index (κ1) is 13.9. The molecule has 0 spiro atoms. The third-order valence-electron chi connectivity index (χ3n) is 3.56. The SMILES string of the molecule is COCC(CCC=O)(c1ccccc1)C(C)C. The van der Waals surface area contributed by atoms with Crippen molar-refractivity contribution in [3.8, 4) is 0 Å². The van der Waals surface area contributed by atoms with E-state index in [1.165, 1.54) is 5.56 Å². The van der Waals surface area contributed by atoms with Crippen LogP contribution in [0.4, 0.5) is 0 Å². The van der Waals surface area contributed by atoms with Crippen molar-refractivity contribution in [3.63, 3.8) is 0 Å². The highest BCUT2D eigenvalue weighted by molar-refractivity contribution is 5.49. The monoisotopic (exact) mass is 234 g/mol. The van der Waals surface area contributed by atoms with Crippen LogP contribution in [0, 0.1) is 5.92 Å². The summed E-state index contributed by atoms with van der Waals surface area (Å²) in [7, 11) is 1.72. The Hall–Kier alpha value is -1.15. The van der Waals surface area contributed by atoms with Crippen LogP contribution >= 0.6 is 0 Å². The van der Waals surface area contributed by atoms with E-state index in [4.69, 9.17) is 4.74 Å². The molecule has 0 aromatic heterocycles. The van der Waals surface area contributed by atoms with E-state index < -0.39 is 0 Å². The molecule has 0 aliphatic heterocycles. The average molecular weight is 234 g/mol. The van der Waals surface area contributed by atoms with Gasteiger partial charge in [0.15, 0.2) is 0 Å². The number of carbonyl (C=O) groups excluding carboxylic acids is 1. The average Bonchev–Trinajstić information content (AvgIpc) is 2.35. The van der Waals surface area contributed by atoms with Gasteiger partial charge in [-0.15, -0.1) is 0 Å². The zero-order valence-corrected chi connectivity index (χ0v) is 11.0. The van der Waals surface area contributed by atoms with Gasteiger partial charge < -0.3 is 9.53 Å². The molecule has 0 N–H and O–H groups in total. The van der Waals surface area contributed by atoms with E-state index >= 15 is 0 Å². The van der Waals surface area contributed by atoms with E-state index in [2.05, 4.69) is 26.0 Å². The van der Waals surface area contributed by atoms with E-state index in [0.29, 0.717) is 18.9 Å². The van der Waals surface area contributed by atoms with Crippen molar-refractivity contribution in [3.05, 3.63) is 35.9 Å². The minimum atomic E-state index is -0.0586. The molecule has 2 nitrogen and oxygen atoms in total. The Kier molecular flexibility index (Phi) is 5.36. The van der Waals surface area contributed by atoms with E-state index in [1.807, 2.05) is 18.2 Å². The minimum Gasteiger partial charge on any atom is -0.384 e. The summed E-state index contributed by atoms with van der Waals surface area (Å²) in [5, 5.41) is 0. The maximum atomic E-state index is 10.7. The van der Waals surface area contributed by atoms with E-state index in [1.54, 1.807) is 7.11 Å². The van der Waals surface area contributed by atoms with Crippen molar-refractivity contribution >= 4 is 6.29 Å². The fraction of sp³-hybridized carbons (Fsp3) is 0.533. The van der Waals surface area contributed by atoms with Gasteiger partial charge in [-0.3, -0.25) is 0 Å². The molecule has 94 valence electrons. The molecule has 1 unspecified atom stereocenters. The summed E-state index contributed by atoms with van der Waals surface area (Å²) in [6.45, 7) is 5.04. The fourth-order valence-corrected chi connectivity index (χ4v) is 2.43. The van der Waals surface area contributed by atoms with Crippen molar-refractivity contribution in [2.45, 2.75) is 32.1 Å². The van der Waals surface area contributed by atoms with Gasteiger partial charge >= 0.3 is 0 Å². The maximum Gasteiger partial charge on any atom is 0.120 e. The molecule has 17 heavy (non-hydrogen) atoms. The van der Waals surface area contributed by atoms with E-state index in [9.17, 15) is 4.79 Å². The summed E-state index contributed by atoms with van der Waals surface area (Å²) in [5.41, 5.74) is 1.20. The molecule has 0 heterocycles. The normalized spacial score (nSPS) is 14.6. The largest absolute Gasteiger partial charge is 0.384 e. The van der Waals surface area contributed by atoms with Crippen molar-refractivity contribution in [1.82, 2.24) is 0 Å². The molecule has 0 aliphatic rings. The van der Waals surface area contributed by atoms with Crippen molar-refractivity contribution in [2.24, 2.45) is 5.92 Å². The van der Waals surface area contributed by atoms with Gasteiger partial charge in [0.05, 0.1) is 6.61 Å². The first-order valence-corrected chi connectivity index (χ1v) is 6.15. The highest BCUT2D eigenvalue weighted by Gasteiger charge is 2.35. The molecule has 0 aliphatic carbocycles. The standard InChI is InChI=1S/C15H22O2/c1-13(2)15(12-17-3,10-7-11-16)14-8-5-4-6-9-14/h4-6,8-9,11,13H,7,10,12H2,1-3H3. The topological polar surface area (TPSA) is 26.3 Å². The predicted molar refractivity (Wildman–Crippen MR) is 70.1 cm³/mol. The van der Waals surface area contributed by atoms with Gasteiger partial charge in [0, 0.05) is 18.9 Å². The molecule has 0 amide bonds. The summed E-state index contributed by atoms with van der Waals surface area (Å²) in [6.07, 6.45) is 2.41. The summed E-state index contributed by atoms with van der Waals surface area (Å²) in [5.74, 6) is 0.435. The van der Waals surface area contributed by atoms with Gasteiger partial charge in [0.1, 0.15) is 6.29 Å². The van der Waals surface area contributed by atoms with Crippen molar-refractivity contribution < 1.29 is 9.53 Å². The number of carbonyl (C=O) groups is 1. The summed E-state index contributed by atoms with van der Waals surface area (Å²) < 4.78 is 5.40. The Morgan fingerprint density at radius 2 is 1.94 bits per heavy atom. The second kappa shape index (κ2) is 6.55. The molecule has 1 atom stereocenters. The molecule has 1 rings (SSSR count). The lowest BCUT2D eigenvalue weighted by Gasteiger charge is -2.37. The fourth-order valence-electron chi connectivity index (χ4n) is 2.43. The Bertz CT molecular complexity index is 332. The third-order valence-corrected chi connectivity index (χ3v) is 3.56. The molecule has 1 aromatic rings. The summed E-state index contributed by atoms with van der Waals surface area (Å²) >= 11 is 0. The first-order chi connectivity index (χ1) is 8.17. The van der Waals surface area contributed by atoms with Crippen LogP contribution in [0.5, 0.6) is 0 Å². The number of ether oxygens (including phenoxy) is 1. The van der Waals surface area contributed by atoms with Crippen LogP contribution in [0.25, 0.3) is 0 Å². The van der Waals surface area contributed by atoms with Crippen LogP contribution in [0.2, 0.25) is 0 Å². The first-order valence-electron chi connectivity index (χ1n) is 6.15. The van der Waals surface area contributed by atoms with Crippen molar-refractivity contribution in [2.75, 3.05) is 13.7 Å². The number of aldehydes is 1. The van der Waals surface area contributed by atoms with Crippen LogP contribution in [-0.4, -0.2) is 20.0 Å². The smallest absolute Gasteiger partial charge is 0.120 e. The second-order valence-electron chi connectivity index (χ2n) is 4.82. The van der Waals surface area contributed by atoms with Crippen LogP contribution in [0.15, 0.2) is 30.3 Å². The third kappa shape index (κ3) is 3.16. The molecular weight excluding hydrogens is 212 g/mol. The van der Waals surface area contributed by atoms with Gasteiger partial charge in [-0.2, -0.15) is 0 Å². The number of benzene rings is 1. The highest BCUT2D eigenvalue weighted by atomic mass is 16.5. The second-order valence-corrected chi connectivity index (χ2v) is 4.82. The highest BCUT2D eigenvalue weighted by Crippen LogP contribution is 2.36. The van der Waals surface area contributed by atoms with Gasteiger partial charge in [-0.25, -0.2) is 0 Å². The van der Waals surface area contributed by atoms with Crippen molar-refractivity contribution in [1.29, 1.82) is 0 Å². The van der Waals surface area contributed by atoms with Crippen LogP contribution < -0.4 is 0 Å². The maximum absolute atomic E-state index is 10.7. The molecule has 1 aromatic carbocycles. The number of hydrogen-bond acceptors (Lipinski definition) is 2. The zero-order chi connectivity index (χ0) is 12.7. The number of rotatable bonds is 7. The Morgan fingerprint density at radius 3 is 2.41 bits per heavy atom. The molecule has 0 bridgehead atoms. The van der Waals surface area contributed by atoms with Gasteiger partial charge in [-0.1, -0.05) is 44.2 Å². The Labute approximate surface area is 104 Å². The van der Waals surface area contributed by atoms with Gasteiger partial charge in [-0.05, 0) is 17.9 Å². The van der Waals surface area contributed by atoms with Gasteiger partial charge in [0.2, 0.25) is 0 Å². The molecule has 0 radical (unpaired) electrons. The molecule has 0 fully saturated rings. The lowest BCUT2D eigenvalue weighted by atomic mass is 9.69. The molecule has 0 saturated carbocycles. The van der Waals surface area contributed by atoms with Crippen LogP contribution in [-0.2, 0) is 14.9 Å². The number of methoxy groups -OCH3 is 1. The number of hydrogen-bond donors (Lipinski definition) is 0. The Morgan fingerprint density at radius 1 is 1.29 bits per heavy atom. The predicted octanol–water partition coefficient (Wildman–Crippen LogP) is 3.21. The minimum absolute atomic E-state index is 0.0586. The lowest BCUT2D eigenvalue weighted by Crippen LogP contribution is -2.37. The Balaban J connectivity index is 3.09. The van der Waals surface area contributed by atoms with E-state index in [0.717, 1.165) is 12.7 Å². The van der Waals surface area contributed by atoms with Crippen LogP contribution in [0.1, 0.15) is 32.3 Å².